The Kier molecular flexibility index (Phi) is 39.3. The van der Waals surface area contributed by atoms with E-state index in [0.29, 0.717) is 91.1 Å². The van der Waals surface area contributed by atoms with Crippen LogP contribution in [-0.4, -0.2) is 200 Å². The first-order chi connectivity index (χ1) is 64.1. The molecule has 4 amide bonds. The van der Waals surface area contributed by atoms with Crippen LogP contribution in [0.15, 0.2) is 182 Å². The number of ether oxygens (including phenoxy) is 10. The monoisotopic (exact) mass is 1890 g/mol. The van der Waals surface area contributed by atoms with Crippen LogP contribution in [0.1, 0.15) is 85.3 Å². The van der Waals surface area contributed by atoms with Crippen LogP contribution in [0.3, 0.4) is 0 Å². The van der Waals surface area contributed by atoms with E-state index in [0.717, 1.165) is 96.8 Å². The summed E-state index contributed by atoms with van der Waals surface area (Å²) in [6.45, 7) is 6.30. The molecule has 0 saturated carbocycles. The molecule has 4 heterocycles. The van der Waals surface area contributed by atoms with Gasteiger partial charge in [0.25, 0.3) is 11.8 Å². The molecule has 10 aromatic rings. The fourth-order valence-electron chi connectivity index (χ4n) is 13.8. The van der Waals surface area contributed by atoms with E-state index in [4.69, 9.17) is 102 Å². The largest absolute Gasteiger partial charge is 0.504 e. The number of methoxy groups -OCH3 is 2. The van der Waals surface area contributed by atoms with E-state index in [9.17, 15) is 61.6 Å². The van der Waals surface area contributed by atoms with E-state index < -0.39 is 83.3 Å². The first-order valence-electron chi connectivity index (χ1n) is 41.2. The highest BCUT2D eigenvalue weighted by Crippen LogP contribution is 2.39. The summed E-state index contributed by atoms with van der Waals surface area (Å²) in [5.74, 6) is -2.84. The quantitative estimate of drug-likeness (QED) is 0.00977. The molecule has 133 heavy (non-hydrogen) atoms. The average Bonchev–Trinajstić information content (AvgIpc) is 1.77. The zero-order chi connectivity index (χ0) is 95.5. The van der Waals surface area contributed by atoms with Gasteiger partial charge in [-0.05, 0) is 142 Å². The number of Topliss-reactive ketones (excluding diaryl/α,β-unsaturated/α-hetero) is 1. The third-order valence-electron chi connectivity index (χ3n) is 20.5. The minimum atomic E-state index is -1.08. The first-order valence-corrected chi connectivity index (χ1v) is 41.9. The van der Waals surface area contributed by atoms with Crippen LogP contribution in [0.2, 0.25) is 10.0 Å². The number of phenolic OH excluding ortho intramolecular Hbond substituents is 3. The summed E-state index contributed by atoms with van der Waals surface area (Å²) >= 11 is 11.2. The normalized spacial score (nSPS) is 12.3. The summed E-state index contributed by atoms with van der Waals surface area (Å²) < 4.78 is 110. The van der Waals surface area contributed by atoms with Gasteiger partial charge in [-0.3, -0.25) is 69.3 Å². The number of ketones is 1. The van der Waals surface area contributed by atoms with Crippen molar-refractivity contribution in [2.24, 2.45) is 0 Å². The maximum Gasteiger partial charge on any atom is 0.335 e. The molecule has 0 saturated heterocycles. The molecule has 4 aliphatic rings. The Labute approximate surface area is 770 Å². The Balaban J connectivity index is 0.000000172. The second kappa shape index (κ2) is 51.4. The lowest BCUT2D eigenvalue weighted by atomic mass is 10.1. The van der Waals surface area contributed by atoms with Gasteiger partial charge in [0.05, 0.1) is 42.9 Å². The van der Waals surface area contributed by atoms with Gasteiger partial charge in [-0.25, -0.2) is 44.3 Å². The number of nitrogens with zero attached hydrogens (tertiary/aromatic N) is 5. The van der Waals surface area contributed by atoms with Crippen molar-refractivity contribution in [3.63, 3.8) is 0 Å². The molecular weight excluding hydrogens is 1790 g/mol. The Morgan fingerprint density at radius 2 is 0.677 bits per heavy atom. The number of carbonyl (C=O) groups is 6. The van der Waals surface area contributed by atoms with Gasteiger partial charge in [0.15, 0.2) is 92.3 Å². The number of carbonyl (C=O) groups excluding carboxylic acids is 5. The van der Waals surface area contributed by atoms with Crippen LogP contribution in [0.25, 0.3) is 0 Å². The van der Waals surface area contributed by atoms with Crippen molar-refractivity contribution in [1.82, 2.24) is 46.4 Å². The molecule has 0 spiro atoms. The predicted octanol–water partition coefficient (Wildman–Crippen LogP) is 11.9. The number of hydroxylamine groups is 4. The summed E-state index contributed by atoms with van der Waals surface area (Å²) in [4.78, 5) is 77.7. The topological polar surface area (TPSA) is 441 Å². The van der Waals surface area contributed by atoms with Gasteiger partial charge < -0.3 is 72.9 Å². The minimum absolute atomic E-state index is 0.00349. The van der Waals surface area contributed by atoms with Crippen LogP contribution in [0.5, 0.6) is 74.7 Å². The van der Waals surface area contributed by atoms with Crippen molar-refractivity contribution in [3.8, 4) is 74.7 Å². The Morgan fingerprint density at radius 3 is 1.05 bits per heavy atom. The number of aromatic carboxylic acids is 1. The molecule has 708 valence electrons. The van der Waals surface area contributed by atoms with Gasteiger partial charge in [-0.15, -0.1) is 0 Å². The van der Waals surface area contributed by atoms with Crippen LogP contribution >= 0.6 is 23.2 Å². The number of carboxylic acid groups (broad SMARTS) is 1. The molecule has 34 nitrogen and oxygen atoms in total. The number of benzene rings is 10. The highest BCUT2D eigenvalue weighted by Gasteiger charge is 2.26. The maximum atomic E-state index is 14.1. The van der Waals surface area contributed by atoms with E-state index in [-0.39, 0.29) is 104 Å². The molecule has 40 heteroatoms. The van der Waals surface area contributed by atoms with Crippen LogP contribution in [-0.2, 0) is 89.4 Å². The summed E-state index contributed by atoms with van der Waals surface area (Å²) in [5.41, 5.74) is 13.5. The lowest BCUT2D eigenvalue weighted by molar-refractivity contribution is -0.131. The SMILES string of the molecule is COc1ccc(CN(CC(=O)NO)Cc2ccc(F)c(O)c2F)cc1.COc1ccc(CN(CCC(=O)CO)Cc2cccc(C(=O)O)c2)cc1.O=C(CCN(Cc1ccc2c(c1)OCCO2)Cc1ccc2c(c1)OCCO2)NO.O=C(CCN(Cc1ccc2c(c1)OCO2)Cc1ccc2c(c1)OCO2)NO.O=C(CN(Cc1ccc(Cl)c(O)c1F)Cc1ccc(Cl)c(O)c1F)NO. The van der Waals surface area contributed by atoms with Gasteiger partial charge in [-0.1, -0.05) is 102 Å². The molecule has 0 bridgehead atoms. The molecule has 4 aliphatic heterocycles. The number of fused-ring (bicyclic) bond motifs is 4. The van der Waals surface area contributed by atoms with Gasteiger partial charge >= 0.3 is 5.97 Å². The third kappa shape index (κ3) is 31.4. The number of aliphatic hydroxyl groups is 1. The predicted molar refractivity (Wildman–Crippen MR) is 470 cm³/mol. The van der Waals surface area contributed by atoms with Crippen molar-refractivity contribution < 1.29 is 140 Å². The molecule has 0 aromatic heterocycles. The second-order valence-electron chi connectivity index (χ2n) is 30.1. The number of aliphatic hydroxyl groups excluding tert-OH is 1. The average molecular weight is 1890 g/mol. The van der Waals surface area contributed by atoms with E-state index >= 15 is 0 Å². The molecule has 14 rings (SSSR count). The lowest BCUT2D eigenvalue weighted by Crippen LogP contribution is -2.35. The standard InChI is InChI=1S/C21H24N2O6.C20H23NO5.C19H20N2O6.C17H18F2N2O4.C16H14Cl2F2N2O4/c24-21(22-25)5-6-23(13-15-1-3-17-19(11-15)28-9-7-26-17)14-16-2-4-18-20(12-16)29-10-8-27-18;1-26-19-7-5-15(6-8-19)12-21(10-9-18(23)14-22)13-16-3-2-4-17(11-16)20(24)25;22-19(20-23)5-6-21(9-13-1-3-15-17(7-13)26-11-24-15)10-14-2-4-16-18(8-14)27-12-25-16;1-25-13-5-2-11(3-6-13)8-21(10-15(22)20-24)9-12-4-7-14(18)17(23)16(12)19;17-10-3-1-8(13(19)15(10)24)5-22(7-12(23)21-26)6-9-2-4-11(18)16(25)14(9)20/h1-4,11-12,25H,5-10,13-14H2,(H,22,24);2-8,11,22H,9-10,12-14H2,1H3,(H,24,25);1-4,7-8,23H,5-6,9-12H2,(H,20,22);2-7,23-24H,8-10H2,1H3,(H,20,22);1-4,24-26H,5-7H2,(H,21,23). The van der Waals surface area contributed by atoms with Crippen LogP contribution < -0.4 is 69.3 Å². The maximum absolute atomic E-state index is 14.1. The summed E-state index contributed by atoms with van der Waals surface area (Å²) in [6, 6.07) is 52.1. The smallest absolute Gasteiger partial charge is 0.335 e. The Hall–Kier alpha value is -13.5. The van der Waals surface area contributed by atoms with E-state index in [1.54, 1.807) is 60.5 Å². The third-order valence-corrected chi connectivity index (χ3v) is 21.1. The summed E-state index contributed by atoms with van der Waals surface area (Å²) in [6.07, 6.45) is 0.614. The molecule has 13 N–H and O–H groups in total. The van der Waals surface area contributed by atoms with Gasteiger partial charge in [0.2, 0.25) is 25.4 Å². The Bertz CT molecular complexity index is 5430. The number of halogens is 6. The van der Waals surface area contributed by atoms with Gasteiger partial charge in [-0.2, -0.15) is 0 Å². The number of amides is 4. The number of rotatable bonds is 37. The fourth-order valence-corrected chi connectivity index (χ4v) is 14.1. The highest BCUT2D eigenvalue weighted by atomic mass is 35.5. The van der Waals surface area contributed by atoms with Crippen molar-refractivity contribution >= 4 is 58.6 Å². The summed E-state index contributed by atoms with van der Waals surface area (Å²) in [5, 5.41) is 81.2. The van der Waals surface area contributed by atoms with E-state index in [1.807, 2.05) is 103 Å². The number of hydrogen-bond acceptors (Lipinski definition) is 29. The fraction of sp³-hybridized carbons (Fsp3) is 0.290. The Morgan fingerprint density at radius 1 is 0.361 bits per heavy atom. The van der Waals surface area contributed by atoms with Crippen molar-refractivity contribution in [3.05, 3.63) is 277 Å². The minimum Gasteiger partial charge on any atom is -0.504 e. The number of phenols is 3. The van der Waals surface area contributed by atoms with Crippen LogP contribution in [0.4, 0.5) is 17.6 Å². The van der Waals surface area contributed by atoms with Gasteiger partial charge in [0.1, 0.15) is 44.5 Å². The summed E-state index contributed by atoms with van der Waals surface area (Å²) in [7, 11) is 3.15. The first kappa shape index (κ1) is 102. The molecular formula is C93H99Cl2F4N9O25. The van der Waals surface area contributed by atoms with Gasteiger partial charge in [0, 0.05) is 121 Å². The molecule has 0 unspecified atom stereocenters. The zero-order valence-corrected chi connectivity index (χ0v) is 73.6. The van der Waals surface area contributed by atoms with Crippen molar-refractivity contribution in [2.75, 3.05) is 93.6 Å². The molecule has 0 radical (unpaired) electrons. The molecule has 0 fully saturated rings. The van der Waals surface area contributed by atoms with E-state index in [2.05, 4.69) is 14.7 Å². The van der Waals surface area contributed by atoms with Crippen LogP contribution in [0, 0.1) is 23.3 Å². The highest BCUT2D eigenvalue weighted by molar-refractivity contribution is 6.32. The second-order valence-corrected chi connectivity index (χ2v) is 31.0. The number of aromatic hydroxyl groups is 3. The number of nitrogens with one attached hydrogen (secondary N) is 4. The molecule has 0 atom stereocenters. The van der Waals surface area contributed by atoms with Crippen molar-refractivity contribution in [2.45, 2.75) is 84.7 Å². The molecule has 0 aliphatic carbocycles. The zero-order valence-electron chi connectivity index (χ0n) is 72.1. The number of hydrogen-bond donors (Lipinski definition) is 13. The molecule has 10 aromatic carbocycles. The van der Waals surface area contributed by atoms with Crippen molar-refractivity contribution in [1.29, 1.82) is 0 Å². The lowest BCUT2D eigenvalue weighted by Gasteiger charge is -2.25. The number of carboxylic acids is 1. The van der Waals surface area contributed by atoms with E-state index in [1.165, 1.54) is 58.2 Å².